The Morgan fingerprint density at radius 3 is 2.46 bits per heavy atom. The van der Waals surface area contributed by atoms with Gasteiger partial charge in [-0.2, -0.15) is 0 Å². The highest BCUT2D eigenvalue weighted by Gasteiger charge is 2.22. The molecule has 0 atom stereocenters. The summed E-state index contributed by atoms with van der Waals surface area (Å²) >= 11 is 1.47. The van der Waals surface area contributed by atoms with Crippen LogP contribution in [0, 0.1) is 5.82 Å². The van der Waals surface area contributed by atoms with E-state index in [1.807, 2.05) is 24.3 Å². The number of thiazole rings is 1. The molecular weight excluding hydrogens is 509 g/mol. The van der Waals surface area contributed by atoms with Crippen LogP contribution in [0.4, 0.5) is 15.8 Å². The summed E-state index contributed by atoms with van der Waals surface area (Å²) in [5.74, 6) is -0.729. The fraction of sp³-hybridized carbons (Fsp3) is 0.259. The number of benzene rings is 2. The van der Waals surface area contributed by atoms with Crippen molar-refractivity contribution in [2.24, 2.45) is 0 Å². The first-order valence-electron chi connectivity index (χ1n) is 12.2. The van der Waals surface area contributed by atoms with Gasteiger partial charge in [-0.15, -0.1) is 11.3 Å². The second-order valence-electron chi connectivity index (χ2n) is 8.80. The van der Waals surface area contributed by atoms with Crippen molar-refractivity contribution in [1.82, 2.24) is 15.3 Å². The molecule has 1 fully saturated rings. The number of aromatic nitrogens is 2. The lowest BCUT2D eigenvalue weighted by atomic mass is 10.1. The topological polar surface area (TPSA) is 87.2 Å². The number of piperazine rings is 1. The lowest BCUT2D eigenvalue weighted by molar-refractivity contribution is 0.589. The predicted molar refractivity (Wildman–Crippen MR) is 149 cm³/mol. The molecule has 7 nitrogen and oxygen atoms in total. The van der Waals surface area contributed by atoms with E-state index in [0.29, 0.717) is 12.1 Å². The van der Waals surface area contributed by atoms with Gasteiger partial charge in [0, 0.05) is 55.4 Å². The molecular formula is C27H28FN5O2S2. The van der Waals surface area contributed by atoms with Gasteiger partial charge in [0.1, 0.15) is 5.01 Å². The largest absolute Gasteiger partial charge is 0.369 e. The lowest BCUT2D eigenvalue weighted by Gasteiger charge is -2.29. The second-order valence-corrected chi connectivity index (χ2v) is 11.6. The van der Waals surface area contributed by atoms with Crippen molar-refractivity contribution < 1.29 is 12.8 Å². The predicted octanol–water partition coefficient (Wildman–Crippen LogP) is 5.24. The van der Waals surface area contributed by atoms with Crippen LogP contribution >= 0.6 is 11.3 Å². The van der Waals surface area contributed by atoms with Crippen LogP contribution in [0.15, 0.2) is 67.0 Å². The summed E-state index contributed by atoms with van der Waals surface area (Å²) in [6, 6.07) is 16.7. The molecule has 2 aromatic heterocycles. The normalized spacial score (nSPS) is 14.1. The Morgan fingerprint density at radius 2 is 1.76 bits per heavy atom. The fourth-order valence-corrected chi connectivity index (χ4v) is 6.57. The maximum Gasteiger partial charge on any atom is 0.232 e. The van der Waals surface area contributed by atoms with Gasteiger partial charge in [0.15, 0.2) is 5.82 Å². The lowest BCUT2D eigenvalue weighted by Crippen LogP contribution is -2.43. The van der Waals surface area contributed by atoms with Crippen molar-refractivity contribution in [3.8, 4) is 32.3 Å². The number of halogens is 1. The molecule has 0 spiro atoms. The average molecular weight is 538 g/mol. The molecule has 0 radical (unpaired) electrons. The third-order valence-electron chi connectivity index (χ3n) is 6.16. The van der Waals surface area contributed by atoms with Crippen molar-refractivity contribution in [3.05, 3.63) is 72.8 Å². The summed E-state index contributed by atoms with van der Waals surface area (Å²) in [5.41, 5.74) is 3.58. The molecule has 4 aromatic rings. The highest BCUT2D eigenvalue weighted by molar-refractivity contribution is 7.92. The third kappa shape index (κ3) is 5.66. The number of nitrogens with one attached hydrogen (secondary N) is 2. The summed E-state index contributed by atoms with van der Waals surface area (Å²) in [4.78, 5) is 12.1. The van der Waals surface area contributed by atoms with E-state index in [0.717, 1.165) is 52.9 Å². The molecule has 1 saturated heterocycles. The van der Waals surface area contributed by atoms with Gasteiger partial charge in [-0.05, 0) is 60.5 Å². The van der Waals surface area contributed by atoms with Crippen LogP contribution in [0.3, 0.4) is 0 Å². The molecule has 10 heteroatoms. The van der Waals surface area contributed by atoms with Crippen molar-refractivity contribution >= 4 is 32.7 Å². The van der Waals surface area contributed by atoms with Gasteiger partial charge in [-0.3, -0.25) is 9.71 Å². The molecule has 1 aliphatic rings. The first kappa shape index (κ1) is 25.3. The van der Waals surface area contributed by atoms with Gasteiger partial charge in [-0.25, -0.2) is 17.8 Å². The molecule has 192 valence electrons. The zero-order chi connectivity index (χ0) is 25.8. The summed E-state index contributed by atoms with van der Waals surface area (Å²) in [5, 5.41) is 4.12. The van der Waals surface area contributed by atoms with E-state index in [2.05, 4.69) is 32.1 Å². The first-order valence-corrected chi connectivity index (χ1v) is 14.7. The zero-order valence-corrected chi connectivity index (χ0v) is 22.1. The smallest absolute Gasteiger partial charge is 0.232 e. The molecule has 37 heavy (non-hydrogen) atoms. The van der Waals surface area contributed by atoms with Gasteiger partial charge in [0.2, 0.25) is 10.0 Å². The Kier molecular flexibility index (Phi) is 7.50. The van der Waals surface area contributed by atoms with E-state index in [9.17, 15) is 8.42 Å². The number of hydrogen-bond acceptors (Lipinski definition) is 7. The van der Waals surface area contributed by atoms with Crippen molar-refractivity contribution in [2.75, 3.05) is 41.6 Å². The van der Waals surface area contributed by atoms with Crippen molar-refractivity contribution in [1.29, 1.82) is 0 Å². The van der Waals surface area contributed by atoms with Gasteiger partial charge in [0.05, 0.1) is 22.0 Å². The maximum atomic E-state index is 15.7. The summed E-state index contributed by atoms with van der Waals surface area (Å²) in [7, 11) is -3.64. The summed E-state index contributed by atoms with van der Waals surface area (Å²) in [6.45, 7) is 5.62. The molecule has 3 heterocycles. The number of sulfonamides is 1. The van der Waals surface area contributed by atoms with Crippen molar-refractivity contribution in [2.45, 2.75) is 13.3 Å². The van der Waals surface area contributed by atoms with E-state index >= 15 is 4.39 Å². The Hall–Kier alpha value is -3.34. The number of nitrogens with zero attached hydrogens (tertiary/aromatic N) is 3. The number of hydrogen-bond donors (Lipinski definition) is 2. The monoisotopic (exact) mass is 537 g/mol. The molecule has 2 aromatic carbocycles. The number of pyridine rings is 1. The Bertz CT molecular complexity index is 1470. The molecule has 5 rings (SSSR count). The van der Waals surface area contributed by atoms with E-state index in [4.69, 9.17) is 4.98 Å². The highest BCUT2D eigenvalue weighted by atomic mass is 32.2. The fourth-order valence-electron chi connectivity index (χ4n) is 4.34. The van der Waals surface area contributed by atoms with Crippen LogP contribution < -0.4 is 14.9 Å². The summed E-state index contributed by atoms with van der Waals surface area (Å²) in [6.07, 6.45) is 3.81. The molecule has 0 bridgehead atoms. The maximum absolute atomic E-state index is 15.7. The Morgan fingerprint density at radius 1 is 1.03 bits per heavy atom. The molecule has 2 N–H and O–H groups in total. The minimum Gasteiger partial charge on any atom is -0.369 e. The van der Waals surface area contributed by atoms with Gasteiger partial charge >= 0.3 is 0 Å². The van der Waals surface area contributed by atoms with Crippen LogP contribution in [-0.4, -0.2) is 50.3 Å². The van der Waals surface area contributed by atoms with Crippen LogP contribution in [-0.2, 0) is 10.0 Å². The average Bonchev–Trinajstić information content (AvgIpc) is 3.36. The highest BCUT2D eigenvalue weighted by Crippen LogP contribution is 2.42. The van der Waals surface area contributed by atoms with E-state index in [1.165, 1.54) is 17.4 Å². The van der Waals surface area contributed by atoms with Crippen molar-refractivity contribution in [3.63, 3.8) is 0 Å². The minimum absolute atomic E-state index is 0.0796. The molecule has 1 aliphatic heterocycles. The van der Waals surface area contributed by atoms with E-state index < -0.39 is 15.8 Å². The molecule has 0 amide bonds. The number of anilines is 2. The van der Waals surface area contributed by atoms with Gasteiger partial charge < -0.3 is 10.2 Å². The van der Waals surface area contributed by atoms with Crippen LogP contribution in [0.2, 0.25) is 0 Å². The van der Waals surface area contributed by atoms with E-state index in [-0.39, 0.29) is 17.0 Å². The van der Waals surface area contributed by atoms with Crippen LogP contribution in [0.1, 0.15) is 13.3 Å². The zero-order valence-electron chi connectivity index (χ0n) is 20.4. The Balaban J connectivity index is 1.55. The number of rotatable bonds is 8. The minimum atomic E-state index is -3.64. The first-order chi connectivity index (χ1) is 17.9. The van der Waals surface area contributed by atoms with Gasteiger partial charge in [0.25, 0.3) is 0 Å². The standard InChI is InChI=1S/C27H28FN5O2S2/c1-2-18-37(34,35)32-23-5-3-4-22(24(23)28)25-26(19-10-12-29-13-11-19)36-27(31-25)20-6-8-21(9-7-20)33-16-14-30-15-17-33/h3-13,30,32H,2,14-18H2,1H3. The second kappa shape index (κ2) is 11.0. The molecule has 0 unspecified atom stereocenters. The van der Waals surface area contributed by atoms with E-state index in [1.54, 1.807) is 31.5 Å². The molecule has 0 aliphatic carbocycles. The third-order valence-corrected chi connectivity index (χ3v) is 8.79. The summed E-state index contributed by atoms with van der Waals surface area (Å²) < 4.78 is 42.7. The SMILES string of the molecule is CCCS(=O)(=O)Nc1cccc(-c2nc(-c3ccc(N4CCNCC4)cc3)sc2-c2ccncc2)c1F. The van der Waals surface area contributed by atoms with Crippen LogP contribution in [0.25, 0.3) is 32.3 Å². The molecule has 0 saturated carbocycles. The van der Waals surface area contributed by atoms with Gasteiger partial charge in [-0.1, -0.05) is 13.0 Å². The Labute approximate surface area is 220 Å². The quantitative estimate of drug-likeness (QED) is 0.320. The van der Waals surface area contributed by atoms with Crippen LogP contribution in [0.5, 0.6) is 0 Å².